The maximum atomic E-state index is 8.93. The summed E-state index contributed by atoms with van der Waals surface area (Å²) in [6.07, 6.45) is 0.945. The molecule has 5 heteroatoms. The fourth-order valence-corrected chi connectivity index (χ4v) is 2.80. The van der Waals surface area contributed by atoms with Crippen molar-refractivity contribution in [2.24, 2.45) is 5.73 Å². The molecule has 1 aromatic rings. The van der Waals surface area contributed by atoms with Crippen molar-refractivity contribution in [3.05, 3.63) is 34.9 Å². The van der Waals surface area contributed by atoms with Gasteiger partial charge in [0.05, 0.1) is 6.61 Å². The number of β-amino-alcohol motifs (C(OH)–C–C–N with tert-alkyl or cyclic N) is 1. The monoisotopic (exact) mass is 297 g/mol. The minimum absolute atomic E-state index is 0.0455. The first-order chi connectivity index (χ1) is 9.69. The van der Waals surface area contributed by atoms with E-state index >= 15 is 0 Å². The zero-order valence-corrected chi connectivity index (χ0v) is 12.6. The van der Waals surface area contributed by atoms with Crippen LogP contribution in [0.1, 0.15) is 18.0 Å². The number of benzene rings is 1. The van der Waals surface area contributed by atoms with Crippen molar-refractivity contribution in [2.75, 3.05) is 45.9 Å². The Morgan fingerprint density at radius 2 is 1.80 bits per heavy atom. The Morgan fingerprint density at radius 1 is 1.15 bits per heavy atom. The molecule has 1 aromatic carbocycles. The van der Waals surface area contributed by atoms with Crippen LogP contribution in [0.3, 0.4) is 0 Å². The molecule has 0 aliphatic carbocycles. The van der Waals surface area contributed by atoms with E-state index in [0.717, 1.165) is 56.3 Å². The maximum absolute atomic E-state index is 8.93. The van der Waals surface area contributed by atoms with Gasteiger partial charge in [-0.05, 0) is 24.1 Å². The molecule has 1 atom stereocenters. The highest BCUT2D eigenvalue weighted by Gasteiger charge is 2.17. The quantitative estimate of drug-likeness (QED) is 0.832. The Bertz CT molecular complexity index is 408. The zero-order chi connectivity index (χ0) is 14.4. The van der Waals surface area contributed by atoms with Crippen LogP contribution in [0.25, 0.3) is 0 Å². The molecule has 1 saturated heterocycles. The van der Waals surface area contributed by atoms with E-state index in [1.165, 1.54) is 0 Å². The molecule has 3 N–H and O–H groups in total. The fraction of sp³-hybridized carbons (Fsp3) is 0.600. The number of aliphatic hydroxyl groups excluding tert-OH is 1. The van der Waals surface area contributed by atoms with Gasteiger partial charge in [0.1, 0.15) is 0 Å². The summed E-state index contributed by atoms with van der Waals surface area (Å²) in [5, 5.41) is 9.67. The first kappa shape index (κ1) is 15.7. The van der Waals surface area contributed by atoms with E-state index in [9.17, 15) is 0 Å². The third kappa shape index (κ3) is 4.72. The molecule has 20 heavy (non-hydrogen) atoms. The molecule has 0 amide bonds. The molecule has 0 bridgehead atoms. The lowest BCUT2D eigenvalue weighted by Gasteiger charge is -2.34. The minimum atomic E-state index is 0.0455. The first-order valence-electron chi connectivity index (χ1n) is 7.25. The lowest BCUT2D eigenvalue weighted by Crippen LogP contribution is -2.47. The highest BCUT2D eigenvalue weighted by atomic mass is 35.5. The molecular formula is C15H24ClN3O. The van der Waals surface area contributed by atoms with Crippen LogP contribution in [0.2, 0.25) is 5.02 Å². The molecule has 0 aromatic heterocycles. The number of rotatable bonds is 6. The molecular weight excluding hydrogens is 274 g/mol. The summed E-state index contributed by atoms with van der Waals surface area (Å²) in [6, 6.07) is 7.86. The average Bonchev–Trinajstić information content (AvgIpc) is 2.46. The largest absolute Gasteiger partial charge is 0.395 e. The molecule has 1 aliphatic rings. The molecule has 2 rings (SSSR count). The molecule has 1 fully saturated rings. The van der Waals surface area contributed by atoms with E-state index in [2.05, 4.69) is 9.80 Å². The van der Waals surface area contributed by atoms with Crippen LogP contribution in [-0.2, 0) is 0 Å². The van der Waals surface area contributed by atoms with Crippen molar-refractivity contribution >= 4 is 11.6 Å². The first-order valence-corrected chi connectivity index (χ1v) is 7.63. The topological polar surface area (TPSA) is 52.7 Å². The predicted octanol–water partition coefficient (Wildman–Crippen LogP) is 1.34. The molecule has 0 spiro atoms. The van der Waals surface area contributed by atoms with E-state index in [-0.39, 0.29) is 12.6 Å². The molecule has 112 valence electrons. The van der Waals surface area contributed by atoms with Gasteiger partial charge in [0.15, 0.2) is 0 Å². The number of nitrogens with two attached hydrogens (primary N) is 1. The Kier molecular flexibility index (Phi) is 6.26. The number of halogens is 1. The maximum Gasteiger partial charge on any atom is 0.0558 e. The van der Waals surface area contributed by atoms with Gasteiger partial charge >= 0.3 is 0 Å². The Hall–Kier alpha value is -0.650. The van der Waals surface area contributed by atoms with Crippen LogP contribution in [0.5, 0.6) is 0 Å². The summed E-state index contributed by atoms with van der Waals surface area (Å²) in [7, 11) is 0. The van der Waals surface area contributed by atoms with Gasteiger partial charge in [0, 0.05) is 50.3 Å². The van der Waals surface area contributed by atoms with E-state index in [4.69, 9.17) is 22.4 Å². The van der Waals surface area contributed by atoms with Crippen LogP contribution < -0.4 is 5.73 Å². The molecule has 4 nitrogen and oxygen atoms in total. The van der Waals surface area contributed by atoms with E-state index < -0.39 is 0 Å². The highest BCUT2D eigenvalue weighted by Crippen LogP contribution is 2.19. The normalized spacial score (nSPS) is 19.1. The third-order valence-corrected chi connectivity index (χ3v) is 4.15. The van der Waals surface area contributed by atoms with Crippen LogP contribution in [0.4, 0.5) is 0 Å². The third-order valence-electron chi connectivity index (χ3n) is 3.91. The molecule has 1 unspecified atom stereocenters. The van der Waals surface area contributed by atoms with E-state index in [1.54, 1.807) is 0 Å². The van der Waals surface area contributed by atoms with Gasteiger partial charge in [-0.3, -0.25) is 4.90 Å². The number of hydrogen-bond acceptors (Lipinski definition) is 4. The number of nitrogens with zero attached hydrogens (tertiary/aromatic N) is 2. The van der Waals surface area contributed by atoms with Gasteiger partial charge in [-0.1, -0.05) is 23.7 Å². The highest BCUT2D eigenvalue weighted by molar-refractivity contribution is 6.30. The summed E-state index contributed by atoms with van der Waals surface area (Å²) in [5.74, 6) is 0. The van der Waals surface area contributed by atoms with Crippen molar-refractivity contribution in [3.63, 3.8) is 0 Å². The Labute approximate surface area is 126 Å². The Balaban J connectivity index is 1.73. The summed E-state index contributed by atoms with van der Waals surface area (Å²) in [5.41, 5.74) is 7.34. The van der Waals surface area contributed by atoms with Gasteiger partial charge in [-0.15, -0.1) is 0 Å². The van der Waals surface area contributed by atoms with Crippen molar-refractivity contribution in [2.45, 2.75) is 12.5 Å². The second-order valence-electron chi connectivity index (χ2n) is 5.36. The molecule has 0 radical (unpaired) electrons. The van der Waals surface area contributed by atoms with Gasteiger partial charge in [0.2, 0.25) is 0 Å². The molecule has 1 aliphatic heterocycles. The number of piperazine rings is 1. The summed E-state index contributed by atoms with van der Waals surface area (Å²) < 4.78 is 0. The van der Waals surface area contributed by atoms with Gasteiger partial charge in [0.25, 0.3) is 0 Å². The van der Waals surface area contributed by atoms with Gasteiger partial charge < -0.3 is 15.7 Å². The second kappa shape index (κ2) is 7.96. The van der Waals surface area contributed by atoms with Crippen molar-refractivity contribution in [1.29, 1.82) is 0 Å². The lowest BCUT2D eigenvalue weighted by molar-refractivity contribution is 0.110. The van der Waals surface area contributed by atoms with Crippen LogP contribution in [0, 0.1) is 0 Å². The fourth-order valence-electron chi connectivity index (χ4n) is 2.60. The minimum Gasteiger partial charge on any atom is -0.395 e. The SMILES string of the molecule is NC(CCN1CCN(CCO)CC1)c1cccc(Cl)c1. The van der Waals surface area contributed by atoms with E-state index in [0.29, 0.717) is 0 Å². The number of aliphatic hydroxyl groups is 1. The summed E-state index contributed by atoms with van der Waals surface area (Å²) >= 11 is 5.99. The average molecular weight is 298 g/mol. The van der Waals surface area contributed by atoms with Gasteiger partial charge in [-0.25, -0.2) is 0 Å². The Morgan fingerprint density at radius 3 is 2.40 bits per heavy atom. The van der Waals surface area contributed by atoms with Gasteiger partial charge in [-0.2, -0.15) is 0 Å². The second-order valence-corrected chi connectivity index (χ2v) is 5.79. The lowest BCUT2D eigenvalue weighted by atomic mass is 10.0. The number of hydrogen-bond donors (Lipinski definition) is 2. The standard InChI is InChI=1S/C15H24ClN3O/c16-14-3-1-2-13(12-14)15(17)4-5-18-6-8-19(9-7-18)10-11-20/h1-3,12,15,20H,4-11,17H2. The van der Waals surface area contributed by atoms with Crippen LogP contribution in [0.15, 0.2) is 24.3 Å². The van der Waals surface area contributed by atoms with Crippen LogP contribution >= 0.6 is 11.6 Å². The van der Waals surface area contributed by atoms with E-state index in [1.807, 2.05) is 24.3 Å². The molecule has 1 heterocycles. The predicted molar refractivity (Wildman–Crippen MR) is 83.0 cm³/mol. The zero-order valence-electron chi connectivity index (χ0n) is 11.8. The van der Waals surface area contributed by atoms with Crippen molar-refractivity contribution in [3.8, 4) is 0 Å². The smallest absolute Gasteiger partial charge is 0.0558 e. The van der Waals surface area contributed by atoms with Crippen molar-refractivity contribution in [1.82, 2.24) is 9.80 Å². The van der Waals surface area contributed by atoms with Crippen molar-refractivity contribution < 1.29 is 5.11 Å². The molecule has 0 saturated carbocycles. The van der Waals surface area contributed by atoms with Crippen LogP contribution in [-0.4, -0.2) is 60.8 Å². The summed E-state index contributed by atoms with van der Waals surface area (Å²) in [4.78, 5) is 4.74. The summed E-state index contributed by atoms with van der Waals surface area (Å²) in [6.45, 7) is 6.24.